The Morgan fingerprint density at radius 3 is 1.56 bits per heavy atom. The predicted molar refractivity (Wildman–Crippen MR) is 63.3 cm³/mol. The van der Waals surface area contributed by atoms with Crippen molar-refractivity contribution in [1.29, 1.82) is 0 Å². The second-order valence-electron chi connectivity index (χ2n) is 3.23. The summed E-state index contributed by atoms with van der Waals surface area (Å²) in [5.74, 6) is 0. The van der Waals surface area contributed by atoms with Crippen molar-refractivity contribution in [2.24, 2.45) is 0 Å². The van der Waals surface area contributed by atoms with Crippen molar-refractivity contribution < 1.29 is 9.59 Å². The van der Waals surface area contributed by atoms with E-state index in [0.717, 1.165) is 22.1 Å². The van der Waals surface area contributed by atoms with Crippen LogP contribution in [0.3, 0.4) is 0 Å². The van der Waals surface area contributed by atoms with E-state index in [1.807, 2.05) is 24.3 Å². The number of amides is 2. The third kappa shape index (κ3) is 1.72. The quantitative estimate of drug-likeness (QED) is 0.764. The smallest absolute Gasteiger partial charge is 0.211 e. The molecular weight excluding hydrogens is 204 g/mol. The highest BCUT2D eigenvalue weighted by atomic mass is 16.1. The maximum absolute atomic E-state index is 10.4. The first kappa shape index (κ1) is 10.2. The molecule has 0 radical (unpaired) electrons. The number of fused-ring (bicyclic) bond motifs is 1. The molecule has 0 saturated heterocycles. The number of carbonyl (C=O) groups is 2. The van der Waals surface area contributed by atoms with Gasteiger partial charge in [0.05, 0.1) is 0 Å². The lowest BCUT2D eigenvalue weighted by molar-refractivity contribution is -0.106. The summed E-state index contributed by atoms with van der Waals surface area (Å²) in [4.78, 5) is 20.9. The molecule has 0 spiro atoms. The lowest BCUT2D eigenvalue weighted by atomic mass is 10.1. The highest BCUT2D eigenvalue weighted by Crippen LogP contribution is 2.29. The number of carbonyl (C=O) groups excluding carboxylic acids is 2. The number of anilines is 2. The maximum atomic E-state index is 10.4. The van der Waals surface area contributed by atoms with Crippen molar-refractivity contribution in [1.82, 2.24) is 0 Å². The van der Waals surface area contributed by atoms with Gasteiger partial charge in [0.25, 0.3) is 0 Å². The first-order valence-corrected chi connectivity index (χ1v) is 4.79. The van der Waals surface area contributed by atoms with Crippen molar-refractivity contribution in [2.45, 2.75) is 0 Å². The van der Waals surface area contributed by atoms with E-state index in [0.29, 0.717) is 12.8 Å². The van der Waals surface area contributed by atoms with E-state index in [2.05, 4.69) is 10.6 Å². The SMILES string of the molecule is O=CNc1ccc(NC=O)c2ccccc12. The highest BCUT2D eigenvalue weighted by molar-refractivity contribution is 6.05. The number of hydrogen-bond acceptors (Lipinski definition) is 2. The van der Waals surface area contributed by atoms with Gasteiger partial charge in [-0.05, 0) is 12.1 Å². The average molecular weight is 214 g/mol. The van der Waals surface area contributed by atoms with Gasteiger partial charge in [-0.25, -0.2) is 0 Å². The molecule has 2 amide bonds. The Hall–Kier alpha value is -2.36. The fraction of sp³-hybridized carbons (Fsp3) is 0. The van der Waals surface area contributed by atoms with E-state index >= 15 is 0 Å². The fourth-order valence-corrected chi connectivity index (χ4v) is 1.68. The molecule has 0 aliphatic rings. The molecule has 0 bridgehead atoms. The highest BCUT2D eigenvalue weighted by Gasteiger charge is 2.03. The molecule has 80 valence electrons. The van der Waals surface area contributed by atoms with Gasteiger partial charge in [-0.15, -0.1) is 0 Å². The lowest BCUT2D eigenvalue weighted by Gasteiger charge is -2.09. The molecule has 16 heavy (non-hydrogen) atoms. The Bertz CT molecular complexity index is 489. The van der Waals surface area contributed by atoms with Gasteiger partial charge < -0.3 is 10.6 Å². The predicted octanol–water partition coefficient (Wildman–Crippen LogP) is 1.98. The van der Waals surface area contributed by atoms with Crippen LogP contribution in [-0.4, -0.2) is 12.8 Å². The van der Waals surface area contributed by atoms with Gasteiger partial charge in [0.15, 0.2) is 0 Å². The molecule has 0 aliphatic heterocycles. The van der Waals surface area contributed by atoms with Gasteiger partial charge >= 0.3 is 0 Å². The van der Waals surface area contributed by atoms with Crippen molar-refractivity contribution in [3.63, 3.8) is 0 Å². The topological polar surface area (TPSA) is 58.2 Å². The van der Waals surface area contributed by atoms with Crippen LogP contribution in [-0.2, 0) is 9.59 Å². The summed E-state index contributed by atoms with van der Waals surface area (Å²) in [5.41, 5.74) is 1.45. The minimum absolute atomic E-state index is 0.634. The maximum Gasteiger partial charge on any atom is 0.211 e. The second-order valence-corrected chi connectivity index (χ2v) is 3.23. The summed E-state index contributed by atoms with van der Waals surface area (Å²) in [7, 11) is 0. The molecule has 2 rings (SSSR count). The Kier molecular flexibility index (Phi) is 2.82. The Morgan fingerprint density at radius 2 is 1.19 bits per heavy atom. The van der Waals surface area contributed by atoms with Crippen LogP contribution in [0, 0.1) is 0 Å². The molecule has 2 aromatic rings. The van der Waals surface area contributed by atoms with Gasteiger partial charge in [-0.3, -0.25) is 9.59 Å². The van der Waals surface area contributed by atoms with Crippen LogP contribution in [0.5, 0.6) is 0 Å². The molecule has 0 atom stereocenters. The van der Waals surface area contributed by atoms with Gasteiger partial charge in [0.1, 0.15) is 0 Å². The van der Waals surface area contributed by atoms with Crippen LogP contribution in [0.25, 0.3) is 10.8 Å². The van der Waals surface area contributed by atoms with E-state index in [1.54, 1.807) is 12.1 Å². The van der Waals surface area contributed by atoms with Crippen LogP contribution >= 0.6 is 0 Å². The summed E-state index contributed by atoms with van der Waals surface area (Å²) in [6, 6.07) is 11.0. The second kappa shape index (κ2) is 4.44. The Morgan fingerprint density at radius 1 is 0.750 bits per heavy atom. The fourth-order valence-electron chi connectivity index (χ4n) is 1.68. The summed E-state index contributed by atoms with van der Waals surface area (Å²) >= 11 is 0. The van der Waals surface area contributed by atoms with E-state index < -0.39 is 0 Å². The largest absolute Gasteiger partial charge is 0.328 e. The van der Waals surface area contributed by atoms with Crippen molar-refractivity contribution >= 4 is 35.0 Å². The summed E-state index contributed by atoms with van der Waals surface area (Å²) in [6.45, 7) is 0. The minimum atomic E-state index is 0.634. The van der Waals surface area contributed by atoms with E-state index in [-0.39, 0.29) is 0 Å². The molecule has 0 heterocycles. The molecule has 2 aromatic carbocycles. The molecule has 4 nitrogen and oxygen atoms in total. The zero-order valence-corrected chi connectivity index (χ0v) is 8.44. The number of nitrogens with one attached hydrogen (secondary N) is 2. The zero-order valence-electron chi connectivity index (χ0n) is 8.44. The molecule has 0 saturated carbocycles. The number of hydrogen-bond donors (Lipinski definition) is 2. The van der Waals surface area contributed by atoms with Gasteiger partial charge in [0, 0.05) is 22.1 Å². The van der Waals surface area contributed by atoms with Crippen molar-refractivity contribution in [3.05, 3.63) is 36.4 Å². The lowest BCUT2D eigenvalue weighted by Crippen LogP contribution is -1.98. The van der Waals surface area contributed by atoms with E-state index in [4.69, 9.17) is 0 Å². The molecule has 0 aliphatic carbocycles. The third-order valence-electron chi connectivity index (χ3n) is 2.35. The summed E-state index contributed by atoms with van der Waals surface area (Å²) < 4.78 is 0. The number of rotatable bonds is 4. The summed E-state index contributed by atoms with van der Waals surface area (Å²) in [6.07, 6.45) is 1.27. The minimum Gasteiger partial charge on any atom is -0.328 e. The van der Waals surface area contributed by atoms with Crippen molar-refractivity contribution in [3.8, 4) is 0 Å². The van der Waals surface area contributed by atoms with Crippen LogP contribution in [0.4, 0.5) is 11.4 Å². The molecular formula is C12H10N2O2. The third-order valence-corrected chi connectivity index (χ3v) is 2.35. The first-order chi connectivity index (χ1) is 7.86. The Labute approximate surface area is 92.3 Å². The number of benzene rings is 2. The van der Waals surface area contributed by atoms with Gasteiger partial charge in [-0.1, -0.05) is 24.3 Å². The van der Waals surface area contributed by atoms with Crippen LogP contribution in [0.15, 0.2) is 36.4 Å². The van der Waals surface area contributed by atoms with E-state index in [9.17, 15) is 9.59 Å². The molecule has 0 fully saturated rings. The average Bonchev–Trinajstić information content (AvgIpc) is 2.33. The van der Waals surface area contributed by atoms with Gasteiger partial charge in [0.2, 0.25) is 12.8 Å². The Balaban J connectivity index is 2.66. The van der Waals surface area contributed by atoms with Gasteiger partial charge in [-0.2, -0.15) is 0 Å². The van der Waals surface area contributed by atoms with Crippen LogP contribution in [0.2, 0.25) is 0 Å². The first-order valence-electron chi connectivity index (χ1n) is 4.79. The molecule has 0 aromatic heterocycles. The molecule has 4 heteroatoms. The molecule has 2 N–H and O–H groups in total. The van der Waals surface area contributed by atoms with Crippen LogP contribution < -0.4 is 10.6 Å². The normalized spacial score (nSPS) is 9.75. The monoisotopic (exact) mass is 214 g/mol. The zero-order chi connectivity index (χ0) is 11.4. The van der Waals surface area contributed by atoms with Crippen molar-refractivity contribution in [2.75, 3.05) is 10.6 Å². The molecule has 0 unspecified atom stereocenters. The van der Waals surface area contributed by atoms with E-state index in [1.165, 1.54) is 0 Å². The summed E-state index contributed by atoms with van der Waals surface area (Å²) in [5, 5.41) is 7.03. The standard InChI is InChI=1S/C12H10N2O2/c15-7-13-11-5-6-12(14-8-16)10-4-2-1-3-9(10)11/h1-8H,(H,13,15)(H,14,16). The van der Waals surface area contributed by atoms with Crippen LogP contribution in [0.1, 0.15) is 0 Å².